The van der Waals surface area contributed by atoms with Gasteiger partial charge in [0, 0.05) is 19.5 Å². The number of methoxy groups -OCH3 is 1. The highest BCUT2D eigenvalue weighted by Gasteiger charge is 2.33. The molecule has 1 aromatic carbocycles. The van der Waals surface area contributed by atoms with Gasteiger partial charge in [0.1, 0.15) is 16.9 Å². The van der Waals surface area contributed by atoms with Crippen molar-refractivity contribution in [2.24, 2.45) is 0 Å². The molecule has 0 saturated carbocycles. The second-order valence-electron chi connectivity index (χ2n) is 7.36. The van der Waals surface area contributed by atoms with Crippen LogP contribution in [0.1, 0.15) is 32.3 Å². The molecule has 0 aliphatic carbocycles. The summed E-state index contributed by atoms with van der Waals surface area (Å²) >= 11 is 6.61. The Balaban J connectivity index is 2.05. The third kappa shape index (κ3) is 4.41. The third-order valence-electron chi connectivity index (χ3n) is 5.35. The molecule has 1 fully saturated rings. The molecule has 2 unspecified atom stereocenters. The summed E-state index contributed by atoms with van der Waals surface area (Å²) in [5, 5.41) is 3.48. The van der Waals surface area contributed by atoms with E-state index in [1.54, 1.807) is 7.11 Å². The summed E-state index contributed by atoms with van der Waals surface area (Å²) in [5.74, 6) is 0.652. The van der Waals surface area contributed by atoms with Gasteiger partial charge in [-0.15, -0.1) is 0 Å². The van der Waals surface area contributed by atoms with Crippen LogP contribution in [0.3, 0.4) is 0 Å². The quantitative estimate of drug-likeness (QED) is 0.767. The van der Waals surface area contributed by atoms with E-state index < -0.39 is 0 Å². The molecule has 146 valence electrons. The van der Waals surface area contributed by atoms with Gasteiger partial charge in [0.25, 0.3) is 0 Å². The van der Waals surface area contributed by atoms with Gasteiger partial charge < -0.3 is 19.7 Å². The average Bonchev–Trinajstić information content (AvgIpc) is 2.64. The highest BCUT2D eigenvalue weighted by Crippen LogP contribution is 2.38. The summed E-state index contributed by atoms with van der Waals surface area (Å²) < 4.78 is 11.1. The molecular formula is C21H27ClN2O3. The number of hydrogen-bond donors (Lipinski definition) is 1. The van der Waals surface area contributed by atoms with Crippen molar-refractivity contribution in [3.05, 3.63) is 46.5 Å². The second-order valence-corrected chi connectivity index (χ2v) is 7.74. The minimum absolute atomic E-state index is 0.0282. The molecule has 5 nitrogen and oxygen atoms in total. The molecule has 1 amide bonds. The lowest BCUT2D eigenvalue weighted by Gasteiger charge is -2.38. The molecule has 0 aromatic heterocycles. The van der Waals surface area contributed by atoms with E-state index in [1.807, 2.05) is 13.1 Å². The Labute approximate surface area is 166 Å². The first kappa shape index (κ1) is 19.6. The summed E-state index contributed by atoms with van der Waals surface area (Å²) in [6.07, 6.45) is 8.04. The number of nitrogens with one attached hydrogen (secondary N) is 1. The number of allylic oxidation sites excluding steroid dienone is 3. The minimum atomic E-state index is -0.360. The number of nitrogens with zero attached hydrogens (tertiary/aromatic N) is 1. The first-order valence-corrected chi connectivity index (χ1v) is 9.65. The van der Waals surface area contributed by atoms with Crippen molar-refractivity contribution in [2.45, 2.75) is 51.3 Å². The molecule has 4 bridgehead atoms. The first-order valence-electron chi connectivity index (χ1n) is 9.27. The molecule has 1 aromatic rings. The second kappa shape index (κ2) is 8.26. The molecule has 0 spiro atoms. The lowest BCUT2D eigenvalue weighted by molar-refractivity contribution is 0.0472. The number of hydrogen-bond acceptors (Lipinski definition) is 4. The normalized spacial score (nSPS) is 28.9. The van der Waals surface area contributed by atoms with Crippen molar-refractivity contribution < 1.29 is 14.3 Å². The predicted octanol–water partition coefficient (Wildman–Crippen LogP) is 4.49. The smallest absolute Gasteiger partial charge is 0.407 e. The molecule has 2 aliphatic heterocycles. The lowest BCUT2D eigenvalue weighted by atomic mass is 9.97. The molecule has 3 rings (SSSR count). The van der Waals surface area contributed by atoms with E-state index in [9.17, 15) is 4.79 Å². The summed E-state index contributed by atoms with van der Waals surface area (Å²) in [6.45, 7) is 4.16. The van der Waals surface area contributed by atoms with E-state index in [0.29, 0.717) is 10.8 Å². The van der Waals surface area contributed by atoms with Crippen molar-refractivity contribution in [1.82, 2.24) is 5.32 Å². The van der Waals surface area contributed by atoms with Crippen molar-refractivity contribution in [3.8, 4) is 5.75 Å². The van der Waals surface area contributed by atoms with Crippen LogP contribution < -0.4 is 15.0 Å². The number of likely N-dealkylation sites (N-methyl/N-ethyl adjacent to an activating group) is 1. The van der Waals surface area contributed by atoms with Crippen molar-refractivity contribution >= 4 is 23.4 Å². The Kier molecular flexibility index (Phi) is 6.00. The molecule has 1 saturated heterocycles. The molecule has 2 heterocycles. The van der Waals surface area contributed by atoms with Crippen LogP contribution >= 0.6 is 11.6 Å². The zero-order valence-electron chi connectivity index (χ0n) is 16.3. The summed E-state index contributed by atoms with van der Waals surface area (Å²) in [7, 11) is 3.61. The van der Waals surface area contributed by atoms with Crippen molar-refractivity contribution in [3.63, 3.8) is 0 Å². The molecule has 2 aliphatic rings. The van der Waals surface area contributed by atoms with E-state index in [0.717, 1.165) is 30.5 Å². The van der Waals surface area contributed by atoms with E-state index >= 15 is 0 Å². The highest BCUT2D eigenvalue weighted by molar-refractivity contribution is 6.34. The average molecular weight is 391 g/mol. The minimum Gasteiger partial charge on any atom is -0.495 e. The van der Waals surface area contributed by atoms with E-state index in [1.165, 1.54) is 5.57 Å². The van der Waals surface area contributed by atoms with Crippen LogP contribution in [0.25, 0.3) is 0 Å². The number of benzene rings is 1. The number of amides is 1. The van der Waals surface area contributed by atoms with Crippen molar-refractivity contribution in [1.29, 1.82) is 0 Å². The third-order valence-corrected chi connectivity index (χ3v) is 5.73. The highest BCUT2D eigenvalue weighted by atomic mass is 35.5. The number of carbonyl (C=O) groups is 1. The monoisotopic (exact) mass is 390 g/mol. The van der Waals surface area contributed by atoms with Gasteiger partial charge >= 0.3 is 6.09 Å². The van der Waals surface area contributed by atoms with Crippen LogP contribution in [0.15, 0.2) is 35.9 Å². The van der Waals surface area contributed by atoms with Gasteiger partial charge in [-0.25, -0.2) is 4.79 Å². The number of anilines is 1. The fourth-order valence-electron chi connectivity index (χ4n) is 3.65. The summed E-state index contributed by atoms with van der Waals surface area (Å²) in [4.78, 5) is 14.1. The fraction of sp³-hybridized carbons (Fsp3) is 0.476. The standard InChI is InChI=1S/C21H27ClN2O3/c1-13-7-5-6-8-16-12-18(27-21(25)23-16)14(2)24(3)17-10-15(9-13)11-19(26-4)20(17)22/h5-7,10-11,14,16,18H,8-9,12H2,1-4H3,(H,23,25)/b6-5+,13-7+/t14?,16?,18-/m0/s1. The largest absolute Gasteiger partial charge is 0.495 e. The molecule has 3 atom stereocenters. The van der Waals surface area contributed by atoms with Gasteiger partial charge in [-0.1, -0.05) is 35.4 Å². The van der Waals surface area contributed by atoms with E-state index in [-0.39, 0.29) is 24.3 Å². The first-order chi connectivity index (χ1) is 12.9. The maximum Gasteiger partial charge on any atom is 0.407 e. The number of alkyl carbamates (subject to hydrolysis) is 1. The zero-order chi connectivity index (χ0) is 19.6. The van der Waals surface area contributed by atoms with Gasteiger partial charge in [-0.05, 0) is 44.4 Å². The molecule has 1 N–H and O–H groups in total. The zero-order valence-corrected chi connectivity index (χ0v) is 17.0. The predicted molar refractivity (Wildman–Crippen MR) is 109 cm³/mol. The van der Waals surface area contributed by atoms with Crippen LogP contribution in [0.2, 0.25) is 5.02 Å². The molecule has 6 heteroatoms. The van der Waals surface area contributed by atoms with Crippen LogP contribution in [-0.2, 0) is 11.2 Å². The van der Waals surface area contributed by atoms with Gasteiger partial charge in [0.15, 0.2) is 0 Å². The maximum absolute atomic E-state index is 12.0. The van der Waals surface area contributed by atoms with Crippen LogP contribution in [-0.4, -0.2) is 38.4 Å². The fourth-order valence-corrected chi connectivity index (χ4v) is 3.97. The van der Waals surface area contributed by atoms with Crippen LogP contribution in [0.5, 0.6) is 5.75 Å². The van der Waals surface area contributed by atoms with Gasteiger partial charge in [0.05, 0.1) is 18.8 Å². The Morgan fingerprint density at radius 1 is 1.37 bits per heavy atom. The Bertz CT molecular complexity index is 775. The maximum atomic E-state index is 12.0. The SMILES string of the molecule is COc1cc2cc(c1Cl)N(C)C(C)[C@@H]1CC(C/C=C/C=C(\C)C2)NC(=O)O1. The summed E-state index contributed by atoms with van der Waals surface area (Å²) in [5.41, 5.74) is 3.25. The molecular weight excluding hydrogens is 364 g/mol. The number of halogens is 1. The Hall–Kier alpha value is -2.14. The Morgan fingerprint density at radius 3 is 2.89 bits per heavy atom. The van der Waals surface area contributed by atoms with Crippen molar-refractivity contribution in [2.75, 3.05) is 19.1 Å². The van der Waals surface area contributed by atoms with Gasteiger partial charge in [-0.2, -0.15) is 0 Å². The van der Waals surface area contributed by atoms with E-state index in [2.05, 4.69) is 48.4 Å². The van der Waals surface area contributed by atoms with Gasteiger partial charge in [0.2, 0.25) is 0 Å². The molecule has 0 radical (unpaired) electrons. The topological polar surface area (TPSA) is 50.8 Å². The molecule has 27 heavy (non-hydrogen) atoms. The number of ether oxygens (including phenoxy) is 2. The number of fused-ring (bicyclic) bond motifs is 4. The number of carbonyl (C=O) groups excluding carboxylic acids is 1. The lowest BCUT2D eigenvalue weighted by Crippen LogP contribution is -2.52. The van der Waals surface area contributed by atoms with Crippen LogP contribution in [0.4, 0.5) is 10.5 Å². The van der Waals surface area contributed by atoms with Crippen LogP contribution in [0, 0.1) is 0 Å². The van der Waals surface area contributed by atoms with Gasteiger partial charge in [-0.3, -0.25) is 0 Å². The summed E-state index contributed by atoms with van der Waals surface area (Å²) in [6, 6.07) is 4.11. The Morgan fingerprint density at radius 2 is 2.15 bits per heavy atom. The number of rotatable bonds is 1. The van der Waals surface area contributed by atoms with E-state index in [4.69, 9.17) is 21.1 Å².